The molecule has 4 nitrogen and oxygen atoms in total. The molecule has 0 radical (unpaired) electrons. The van der Waals surface area contributed by atoms with Crippen molar-refractivity contribution >= 4 is 0 Å². The van der Waals surface area contributed by atoms with Crippen molar-refractivity contribution in [1.82, 2.24) is 15.3 Å². The number of nitrogens with zero attached hydrogens (tertiary/aromatic N) is 1. The van der Waals surface area contributed by atoms with Gasteiger partial charge in [-0.3, -0.25) is 0 Å². The van der Waals surface area contributed by atoms with Crippen LogP contribution in [-0.2, 0) is 11.3 Å². The van der Waals surface area contributed by atoms with Gasteiger partial charge in [-0.15, -0.1) is 0 Å². The first-order valence-electron chi connectivity index (χ1n) is 5.54. The van der Waals surface area contributed by atoms with Gasteiger partial charge in [0, 0.05) is 25.4 Å². The number of imidazole rings is 1. The molecule has 1 heterocycles. The maximum atomic E-state index is 5.34. The third kappa shape index (κ3) is 2.58. The summed E-state index contributed by atoms with van der Waals surface area (Å²) in [6.45, 7) is 2.91. The van der Waals surface area contributed by atoms with E-state index in [0.717, 1.165) is 24.4 Å². The molecule has 0 aromatic carbocycles. The van der Waals surface area contributed by atoms with Gasteiger partial charge in [-0.2, -0.15) is 0 Å². The summed E-state index contributed by atoms with van der Waals surface area (Å²) in [4.78, 5) is 7.35. The molecule has 1 aliphatic carbocycles. The van der Waals surface area contributed by atoms with E-state index < -0.39 is 0 Å². The highest BCUT2D eigenvalue weighted by atomic mass is 16.5. The third-order valence-corrected chi connectivity index (χ3v) is 3.21. The Morgan fingerprint density at radius 2 is 2.47 bits per heavy atom. The van der Waals surface area contributed by atoms with Crippen molar-refractivity contribution in [2.45, 2.75) is 44.9 Å². The lowest BCUT2D eigenvalue weighted by atomic mass is 10.2. The molecule has 84 valence electrons. The fourth-order valence-corrected chi connectivity index (χ4v) is 2.15. The fourth-order valence-electron chi connectivity index (χ4n) is 2.15. The smallest absolute Gasteiger partial charge is 0.0925 e. The predicted molar refractivity (Wildman–Crippen MR) is 58.6 cm³/mol. The molecular weight excluding hydrogens is 190 g/mol. The van der Waals surface area contributed by atoms with E-state index >= 15 is 0 Å². The van der Waals surface area contributed by atoms with Gasteiger partial charge in [0.2, 0.25) is 0 Å². The number of rotatable bonds is 4. The maximum Gasteiger partial charge on any atom is 0.0925 e. The predicted octanol–water partition coefficient (Wildman–Crippen LogP) is 1.38. The molecule has 15 heavy (non-hydrogen) atoms. The van der Waals surface area contributed by atoms with Crippen LogP contribution in [0.2, 0.25) is 0 Å². The van der Waals surface area contributed by atoms with E-state index in [2.05, 4.69) is 22.2 Å². The van der Waals surface area contributed by atoms with E-state index in [9.17, 15) is 0 Å². The second-order valence-electron chi connectivity index (χ2n) is 4.22. The van der Waals surface area contributed by atoms with Crippen LogP contribution < -0.4 is 5.32 Å². The fraction of sp³-hybridized carbons (Fsp3) is 0.727. The molecular formula is C11H19N3O. The van der Waals surface area contributed by atoms with E-state index in [-0.39, 0.29) is 0 Å². The quantitative estimate of drug-likeness (QED) is 0.787. The van der Waals surface area contributed by atoms with Crippen LogP contribution in [0.4, 0.5) is 0 Å². The average molecular weight is 209 g/mol. The Labute approximate surface area is 90.4 Å². The van der Waals surface area contributed by atoms with Crippen molar-refractivity contribution in [3.8, 4) is 0 Å². The minimum Gasteiger partial charge on any atom is -0.381 e. The third-order valence-electron chi connectivity index (χ3n) is 3.21. The van der Waals surface area contributed by atoms with Gasteiger partial charge in [0.15, 0.2) is 0 Å². The summed E-state index contributed by atoms with van der Waals surface area (Å²) in [7, 11) is 1.80. The molecule has 1 fully saturated rings. The van der Waals surface area contributed by atoms with Crippen LogP contribution in [0.5, 0.6) is 0 Å². The zero-order valence-electron chi connectivity index (χ0n) is 9.42. The minimum atomic E-state index is 0.447. The van der Waals surface area contributed by atoms with Gasteiger partial charge in [0.05, 0.1) is 18.1 Å². The highest BCUT2D eigenvalue weighted by Gasteiger charge is 2.23. The van der Waals surface area contributed by atoms with Crippen LogP contribution in [0, 0.1) is 6.92 Å². The summed E-state index contributed by atoms with van der Waals surface area (Å²) in [5, 5.41) is 3.53. The first kappa shape index (κ1) is 10.6. The van der Waals surface area contributed by atoms with Gasteiger partial charge < -0.3 is 15.0 Å². The Bertz CT molecular complexity index is 311. The zero-order valence-corrected chi connectivity index (χ0v) is 9.42. The van der Waals surface area contributed by atoms with Crippen LogP contribution >= 0.6 is 0 Å². The van der Waals surface area contributed by atoms with Crippen molar-refractivity contribution in [3.63, 3.8) is 0 Å². The van der Waals surface area contributed by atoms with E-state index in [1.54, 1.807) is 13.4 Å². The van der Waals surface area contributed by atoms with Crippen LogP contribution in [0.1, 0.15) is 30.7 Å². The van der Waals surface area contributed by atoms with Gasteiger partial charge in [-0.05, 0) is 26.2 Å². The number of aryl methyl sites for hydroxylation is 1. The highest BCUT2D eigenvalue weighted by molar-refractivity contribution is 5.08. The second-order valence-corrected chi connectivity index (χ2v) is 4.22. The number of H-pyrrole nitrogens is 1. The molecule has 0 saturated heterocycles. The number of aromatic amines is 1. The largest absolute Gasteiger partial charge is 0.381 e. The van der Waals surface area contributed by atoms with Gasteiger partial charge >= 0.3 is 0 Å². The lowest BCUT2D eigenvalue weighted by Gasteiger charge is -2.11. The molecule has 2 atom stereocenters. The van der Waals surface area contributed by atoms with E-state index in [4.69, 9.17) is 4.74 Å². The molecule has 1 aromatic rings. The van der Waals surface area contributed by atoms with Crippen molar-refractivity contribution < 1.29 is 4.74 Å². The Hall–Kier alpha value is -0.870. The van der Waals surface area contributed by atoms with Gasteiger partial charge in [-0.1, -0.05) is 0 Å². The van der Waals surface area contributed by atoms with Crippen LogP contribution in [0.3, 0.4) is 0 Å². The molecule has 4 heteroatoms. The summed E-state index contributed by atoms with van der Waals surface area (Å²) in [5.41, 5.74) is 2.28. The summed E-state index contributed by atoms with van der Waals surface area (Å²) in [5.74, 6) is 0. The molecule has 2 rings (SSSR count). The Kier molecular flexibility index (Phi) is 3.38. The maximum absolute atomic E-state index is 5.34. The Morgan fingerprint density at radius 3 is 3.07 bits per heavy atom. The van der Waals surface area contributed by atoms with Crippen LogP contribution in [0.15, 0.2) is 6.33 Å². The molecule has 1 aliphatic rings. The standard InChI is InChI=1S/C11H19N3O/c1-8-11(14-7-13-8)6-12-9-3-4-10(5-9)15-2/h7,9-10,12H,3-6H2,1-2H3,(H,13,14). The van der Waals surface area contributed by atoms with Crippen molar-refractivity contribution in [2.24, 2.45) is 0 Å². The SMILES string of the molecule is COC1CCC(NCc2nc[nH]c2C)C1. The molecule has 2 unspecified atom stereocenters. The van der Waals surface area contributed by atoms with E-state index in [0.29, 0.717) is 12.1 Å². The highest BCUT2D eigenvalue weighted by Crippen LogP contribution is 2.21. The minimum absolute atomic E-state index is 0.447. The number of nitrogens with one attached hydrogen (secondary N) is 2. The first-order chi connectivity index (χ1) is 7.29. The second kappa shape index (κ2) is 4.77. The van der Waals surface area contributed by atoms with Crippen molar-refractivity contribution in [1.29, 1.82) is 0 Å². The number of ether oxygens (including phenoxy) is 1. The van der Waals surface area contributed by atoms with Gasteiger partial charge in [0.25, 0.3) is 0 Å². The monoisotopic (exact) mass is 209 g/mol. The number of hydrogen-bond donors (Lipinski definition) is 2. The summed E-state index contributed by atoms with van der Waals surface area (Å²) in [6.07, 6.45) is 5.71. The average Bonchev–Trinajstić information content (AvgIpc) is 2.84. The molecule has 0 bridgehead atoms. The molecule has 0 spiro atoms. The summed E-state index contributed by atoms with van der Waals surface area (Å²) < 4.78 is 5.34. The van der Waals surface area contributed by atoms with Gasteiger partial charge in [0.1, 0.15) is 0 Å². The normalized spacial score (nSPS) is 26.0. The van der Waals surface area contributed by atoms with E-state index in [1.807, 2.05) is 0 Å². The lowest BCUT2D eigenvalue weighted by molar-refractivity contribution is 0.107. The molecule has 1 aromatic heterocycles. The molecule has 0 aliphatic heterocycles. The molecule has 1 saturated carbocycles. The van der Waals surface area contributed by atoms with Crippen molar-refractivity contribution in [2.75, 3.05) is 7.11 Å². The topological polar surface area (TPSA) is 49.9 Å². The Balaban J connectivity index is 1.77. The number of aromatic nitrogens is 2. The molecule has 0 amide bonds. The zero-order chi connectivity index (χ0) is 10.7. The summed E-state index contributed by atoms with van der Waals surface area (Å²) >= 11 is 0. The lowest BCUT2D eigenvalue weighted by Crippen LogP contribution is -2.27. The van der Waals surface area contributed by atoms with E-state index in [1.165, 1.54) is 12.8 Å². The first-order valence-corrected chi connectivity index (χ1v) is 5.54. The number of methoxy groups -OCH3 is 1. The van der Waals surface area contributed by atoms with Crippen molar-refractivity contribution in [3.05, 3.63) is 17.7 Å². The van der Waals surface area contributed by atoms with Crippen LogP contribution in [0.25, 0.3) is 0 Å². The van der Waals surface area contributed by atoms with Crippen LogP contribution in [-0.4, -0.2) is 29.2 Å². The molecule has 2 N–H and O–H groups in total. The number of hydrogen-bond acceptors (Lipinski definition) is 3. The Morgan fingerprint density at radius 1 is 1.60 bits per heavy atom. The van der Waals surface area contributed by atoms with Gasteiger partial charge in [-0.25, -0.2) is 4.98 Å². The summed E-state index contributed by atoms with van der Waals surface area (Å²) in [6, 6.07) is 0.589.